The fourth-order valence-electron chi connectivity index (χ4n) is 12.9. The second kappa shape index (κ2) is 18.2. The van der Waals surface area contributed by atoms with Gasteiger partial charge in [0.1, 0.15) is 0 Å². The molecular weight excluding hydrogens is 793 g/mol. The molecule has 7 aromatic rings. The Labute approximate surface area is 396 Å². The monoisotopic (exact) mass is 861 g/mol. The van der Waals surface area contributed by atoms with Crippen LogP contribution >= 0.6 is 0 Å². The van der Waals surface area contributed by atoms with Crippen LogP contribution in [0.15, 0.2) is 146 Å². The van der Waals surface area contributed by atoms with Crippen molar-refractivity contribution in [2.45, 2.75) is 140 Å². The molecule has 11 rings (SSSR count). The second-order valence-electron chi connectivity index (χ2n) is 20.5. The molecule has 0 amide bonds. The summed E-state index contributed by atoms with van der Waals surface area (Å²) in [5.41, 5.74) is 26.4. The van der Waals surface area contributed by atoms with Gasteiger partial charge in [-0.1, -0.05) is 225 Å². The quantitative estimate of drug-likeness (QED) is 0.0711. The van der Waals surface area contributed by atoms with E-state index in [-0.39, 0.29) is 5.41 Å². The maximum absolute atomic E-state index is 4.26. The summed E-state index contributed by atoms with van der Waals surface area (Å²) in [6, 6.07) is 55.8. The first-order valence-corrected chi connectivity index (χ1v) is 26.1. The Bertz CT molecular complexity index is 2850. The molecule has 66 heavy (non-hydrogen) atoms. The number of unbranched alkanes of at least 4 members (excludes halogenated alkanes) is 10. The van der Waals surface area contributed by atoms with Gasteiger partial charge in [0.2, 0.25) is 0 Å². The molecule has 0 aromatic heterocycles. The molecule has 7 aromatic carbocycles. The molecule has 0 bridgehead atoms. The molecule has 0 saturated carbocycles. The summed E-state index contributed by atoms with van der Waals surface area (Å²) in [5, 5.41) is 0. The van der Waals surface area contributed by atoms with Crippen molar-refractivity contribution < 1.29 is 0 Å². The molecule has 4 aliphatic rings. The molecule has 0 N–H and O–H groups in total. The number of hydrogen-bond donors (Lipinski definition) is 0. The molecule has 0 atom stereocenters. The zero-order chi connectivity index (χ0) is 44.7. The average molecular weight is 861 g/mol. The highest BCUT2D eigenvalue weighted by Crippen LogP contribution is 2.59. The van der Waals surface area contributed by atoms with Crippen LogP contribution < -0.4 is 0 Å². The number of fused-ring (bicyclic) bond motifs is 8. The Balaban J connectivity index is 1.08. The van der Waals surface area contributed by atoms with Crippen molar-refractivity contribution in [1.82, 2.24) is 0 Å². The van der Waals surface area contributed by atoms with Crippen LogP contribution in [-0.2, 0) is 36.5 Å². The Morgan fingerprint density at radius 1 is 0.394 bits per heavy atom. The molecule has 0 radical (unpaired) electrons. The standard InChI is InChI=1S/C66H68/c1-4-7-9-11-13-18-38-65(39-19-14-12-10-8-5-2)61-40-46(6-3)22-34-57(61)58-35-30-53(43-62(58)65)54-31-37-60-59-36-29-52(47-20-16-15-17-21-47)44-63(59)66(64(60)45-54,55-32-27-48-23-25-50(48)41-55)56-33-28-49-24-26-51(49)42-56/h6,15-17,20-22,27-37,40-45H,3-5,7-14,18-19,23-26,38-39H2,1-2H3. The van der Waals surface area contributed by atoms with E-state index < -0.39 is 5.41 Å². The number of hydrogen-bond acceptors (Lipinski definition) is 0. The van der Waals surface area contributed by atoms with Gasteiger partial charge in [-0.25, -0.2) is 0 Å². The van der Waals surface area contributed by atoms with Gasteiger partial charge in [-0.3, -0.25) is 0 Å². The smallest absolute Gasteiger partial charge is 0.0714 e. The lowest BCUT2D eigenvalue weighted by Gasteiger charge is -2.37. The van der Waals surface area contributed by atoms with Gasteiger partial charge in [0, 0.05) is 5.41 Å². The SMILES string of the molecule is C=Cc1ccc2c(c1)C(CCCCCCCC)(CCCCCCCC)c1cc(-c3ccc4c(c3)C(c3ccc5c(c3)CC5)(c3ccc5c(c3)CC5)c3cc(-c5ccccc5)ccc3-4)ccc1-2. The highest BCUT2D eigenvalue weighted by molar-refractivity contribution is 5.91. The number of aryl methyl sites for hydroxylation is 4. The third-order valence-corrected chi connectivity index (χ3v) is 16.7. The zero-order valence-electron chi connectivity index (χ0n) is 39.8. The first-order valence-electron chi connectivity index (χ1n) is 26.1. The van der Waals surface area contributed by atoms with Gasteiger partial charge >= 0.3 is 0 Å². The van der Waals surface area contributed by atoms with Gasteiger partial charge in [0.15, 0.2) is 0 Å². The predicted molar refractivity (Wildman–Crippen MR) is 282 cm³/mol. The number of rotatable bonds is 19. The summed E-state index contributed by atoms with van der Waals surface area (Å²) in [5.74, 6) is 0. The molecule has 4 aliphatic carbocycles. The van der Waals surface area contributed by atoms with E-state index in [4.69, 9.17) is 0 Å². The van der Waals surface area contributed by atoms with E-state index in [2.05, 4.69) is 166 Å². The largest absolute Gasteiger partial charge is 0.0985 e. The first-order chi connectivity index (χ1) is 32.5. The predicted octanol–water partition coefficient (Wildman–Crippen LogP) is 18.0. The van der Waals surface area contributed by atoms with E-state index in [0.29, 0.717) is 0 Å². The van der Waals surface area contributed by atoms with E-state index in [1.54, 1.807) is 11.1 Å². The topological polar surface area (TPSA) is 0 Å². The van der Waals surface area contributed by atoms with Gasteiger partial charge in [0.25, 0.3) is 0 Å². The van der Waals surface area contributed by atoms with E-state index in [9.17, 15) is 0 Å². The lowest BCUT2D eigenvalue weighted by atomic mass is 9.65. The molecule has 0 aliphatic heterocycles. The zero-order valence-corrected chi connectivity index (χ0v) is 39.8. The van der Waals surface area contributed by atoms with Crippen molar-refractivity contribution in [2.75, 3.05) is 0 Å². The van der Waals surface area contributed by atoms with E-state index in [0.717, 1.165) is 12.8 Å². The molecule has 0 spiro atoms. The third-order valence-electron chi connectivity index (χ3n) is 16.7. The summed E-state index contributed by atoms with van der Waals surface area (Å²) in [7, 11) is 0. The fourth-order valence-corrected chi connectivity index (χ4v) is 12.9. The minimum atomic E-state index is -0.450. The van der Waals surface area contributed by atoms with E-state index in [1.807, 2.05) is 0 Å². The van der Waals surface area contributed by atoms with E-state index >= 15 is 0 Å². The van der Waals surface area contributed by atoms with Gasteiger partial charge in [-0.2, -0.15) is 0 Å². The van der Waals surface area contributed by atoms with Crippen molar-refractivity contribution in [3.63, 3.8) is 0 Å². The van der Waals surface area contributed by atoms with Gasteiger partial charge < -0.3 is 0 Å². The van der Waals surface area contributed by atoms with Crippen LogP contribution in [0.5, 0.6) is 0 Å². The molecule has 0 saturated heterocycles. The normalized spacial score (nSPS) is 15.1. The maximum Gasteiger partial charge on any atom is 0.0714 e. The van der Waals surface area contributed by atoms with Crippen LogP contribution in [0.4, 0.5) is 0 Å². The third kappa shape index (κ3) is 7.26. The minimum absolute atomic E-state index is 0.00240. The second-order valence-corrected chi connectivity index (χ2v) is 20.5. The first kappa shape index (κ1) is 42.9. The van der Waals surface area contributed by atoms with Crippen LogP contribution in [0.1, 0.15) is 165 Å². The van der Waals surface area contributed by atoms with Gasteiger partial charge in [-0.05, 0) is 162 Å². The summed E-state index contributed by atoms with van der Waals surface area (Å²) in [6.45, 7) is 8.92. The van der Waals surface area contributed by atoms with Crippen molar-refractivity contribution in [1.29, 1.82) is 0 Å². The molecule has 0 heteroatoms. The van der Waals surface area contributed by atoms with Crippen molar-refractivity contribution in [3.05, 3.63) is 207 Å². The Kier molecular flexibility index (Phi) is 11.8. The van der Waals surface area contributed by atoms with Crippen LogP contribution in [0.25, 0.3) is 50.6 Å². The average Bonchev–Trinajstić information content (AvgIpc) is 3.78. The van der Waals surface area contributed by atoms with Crippen molar-refractivity contribution >= 4 is 6.08 Å². The summed E-state index contributed by atoms with van der Waals surface area (Å²) >= 11 is 0. The Hall–Kier alpha value is -5.72. The minimum Gasteiger partial charge on any atom is -0.0985 e. The van der Waals surface area contributed by atoms with Crippen LogP contribution in [0.2, 0.25) is 0 Å². The highest BCUT2D eigenvalue weighted by atomic mass is 14.5. The summed E-state index contributed by atoms with van der Waals surface area (Å²) in [4.78, 5) is 0. The molecule has 0 nitrogen and oxygen atoms in total. The molecule has 0 heterocycles. The van der Waals surface area contributed by atoms with Crippen molar-refractivity contribution in [2.24, 2.45) is 0 Å². The summed E-state index contributed by atoms with van der Waals surface area (Å²) < 4.78 is 0. The lowest BCUT2D eigenvalue weighted by molar-refractivity contribution is 0.398. The van der Waals surface area contributed by atoms with Gasteiger partial charge in [0.05, 0.1) is 5.41 Å². The molecule has 0 unspecified atom stereocenters. The Morgan fingerprint density at radius 2 is 0.833 bits per heavy atom. The molecular formula is C66H68. The highest BCUT2D eigenvalue weighted by Gasteiger charge is 2.48. The van der Waals surface area contributed by atoms with Crippen LogP contribution in [0.3, 0.4) is 0 Å². The fraction of sp³-hybridized carbons (Fsp3) is 0.333. The summed E-state index contributed by atoms with van der Waals surface area (Å²) in [6.07, 6.45) is 25.0. The molecule has 332 valence electrons. The lowest BCUT2D eigenvalue weighted by Crippen LogP contribution is -2.30. The number of benzene rings is 7. The van der Waals surface area contributed by atoms with Crippen molar-refractivity contribution in [3.8, 4) is 44.5 Å². The maximum atomic E-state index is 4.26. The van der Waals surface area contributed by atoms with Gasteiger partial charge in [-0.15, -0.1) is 0 Å². The van der Waals surface area contributed by atoms with E-state index in [1.165, 1.54) is 197 Å². The van der Waals surface area contributed by atoms with Crippen LogP contribution in [0, 0.1) is 0 Å². The Morgan fingerprint density at radius 3 is 1.32 bits per heavy atom. The van der Waals surface area contributed by atoms with Crippen LogP contribution in [-0.4, -0.2) is 0 Å². The molecule has 0 fully saturated rings.